The largest absolute Gasteiger partial charge is 0.392 e. The van der Waals surface area contributed by atoms with Gasteiger partial charge >= 0.3 is 0 Å². The Kier molecular flexibility index (Phi) is 3.66. The maximum Gasteiger partial charge on any atom is 0.243 e. The number of benzene rings is 1. The molecule has 1 atom stereocenters. The van der Waals surface area contributed by atoms with Gasteiger partial charge in [-0.2, -0.15) is 9.57 Å². The Bertz CT molecular complexity index is 560. The molecule has 1 N–H and O–H groups in total. The highest BCUT2D eigenvalue weighted by Gasteiger charge is 2.31. The zero-order valence-corrected chi connectivity index (χ0v) is 10.6. The van der Waals surface area contributed by atoms with E-state index < -0.39 is 16.1 Å². The molecule has 0 aromatic heterocycles. The topological polar surface area (TPSA) is 81.4 Å². The molecule has 96 valence electrons. The van der Waals surface area contributed by atoms with Gasteiger partial charge in [-0.15, -0.1) is 0 Å². The summed E-state index contributed by atoms with van der Waals surface area (Å²) >= 11 is 0. The summed E-state index contributed by atoms with van der Waals surface area (Å²) in [6.07, 6.45) is 0.173. The van der Waals surface area contributed by atoms with E-state index in [4.69, 9.17) is 5.26 Å². The monoisotopic (exact) mass is 266 g/mol. The third-order valence-electron chi connectivity index (χ3n) is 2.97. The van der Waals surface area contributed by atoms with E-state index in [1.165, 1.54) is 16.4 Å². The second kappa shape index (κ2) is 5.06. The van der Waals surface area contributed by atoms with Gasteiger partial charge in [0.25, 0.3) is 0 Å². The number of nitriles is 1. The normalized spacial score (nSPS) is 20.8. The summed E-state index contributed by atoms with van der Waals surface area (Å²) in [6, 6.07) is 8.31. The van der Waals surface area contributed by atoms with Crippen LogP contribution in [0.5, 0.6) is 0 Å². The van der Waals surface area contributed by atoms with E-state index in [0.29, 0.717) is 13.0 Å². The summed E-state index contributed by atoms with van der Waals surface area (Å²) in [6.45, 7) is 0.506. The van der Waals surface area contributed by atoms with Crippen LogP contribution >= 0.6 is 0 Å². The number of hydrogen-bond acceptors (Lipinski definition) is 4. The average molecular weight is 266 g/mol. The minimum Gasteiger partial charge on any atom is -0.392 e. The molecule has 1 aromatic carbocycles. The Balaban J connectivity index is 2.22. The van der Waals surface area contributed by atoms with Gasteiger partial charge in [0, 0.05) is 13.1 Å². The molecule has 2 rings (SSSR count). The predicted octanol–water partition coefficient (Wildman–Crippen LogP) is 0.508. The maximum atomic E-state index is 12.2. The number of β-amino-alcohol motifs (C(OH)–C–C–N with tert-alkyl or cyclic N) is 1. The van der Waals surface area contributed by atoms with Crippen molar-refractivity contribution in [3.05, 3.63) is 29.8 Å². The summed E-state index contributed by atoms with van der Waals surface area (Å²) < 4.78 is 25.7. The maximum absolute atomic E-state index is 12.2. The smallest absolute Gasteiger partial charge is 0.243 e. The number of hydrogen-bond donors (Lipinski definition) is 1. The van der Waals surface area contributed by atoms with Crippen LogP contribution in [0.1, 0.15) is 12.0 Å². The molecule has 0 radical (unpaired) electrons. The van der Waals surface area contributed by atoms with Gasteiger partial charge in [-0.3, -0.25) is 0 Å². The molecule has 1 saturated heterocycles. The lowest BCUT2D eigenvalue weighted by atomic mass is 10.2. The molecular formula is C12H14N2O3S. The highest BCUT2D eigenvalue weighted by Crippen LogP contribution is 2.21. The van der Waals surface area contributed by atoms with Crippen LogP contribution in [0.15, 0.2) is 29.2 Å². The van der Waals surface area contributed by atoms with Crippen LogP contribution in [0.2, 0.25) is 0 Å². The summed E-state index contributed by atoms with van der Waals surface area (Å²) in [5.74, 6) is 0. The van der Waals surface area contributed by atoms with E-state index in [-0.39, 0.29) is 17.9 Å². The zero-order chi connectivity index (χ0) is 13.2. The van der Waals surface area contributed by atoms with Crippen LogP contribution in [0.3, 0.4) is 0 Å². The lowest BCUT2D eigenvalue weighted by Crippen LogP contribution is -2.29. The molecule has 0 amide bonds. The van der Waals surface area contributed by atoms with Gasteiger partial charge in [-0.1, -0.05) is 12.1 Å². The number of nitrogens with zero attached hydrogens (tertiary/aromatic N) is 2. The summed E-state index contributed by atoms with van der Waals surface area (Å²) in [5, 5.41) is 17.9. The van der Waals surface area contributed by atoms with Gasteiger partial charge in [-0.25, -0.2) is 8.42 Å². The van der Waals surface area contributed by atoms with Gasteiger partial charge in [0.2, 0.25) is 10.0 Å². The second-order valence-electron chi connectivity index (χ2n) is 4.28. The van der Waals surface area contributed by atoms with Crippen molar-refractivity contribution < 1.29 is 13.5 Å². The fourth-order valence-corrected chi connectivity index (χ4v) is 3.44. The van der Waals surface area contributed by atoms with Crippen molar-refractivity contribution >= 4 is 10.0 Å². The van der Waals surface area contributed by atoms with Crippen LogP contribution in [0, 0.1) is 11.3 Å². The van der Waals surface area contributed by atoms with Crippen LogP contribution in [-0.4, -0.2) is 37.0 Å². The summed E-state index contributed by atoms with van der Waals surface area (Å²) in [4.78, 5) is 0.207. The van der Waals surface area contributed by atoms with Gasteiger partial charge in [0.15, 0.2) is 0 Å². The van der Waals surface area contributed by atoms with E-state index in [9.17, 15) is 13.5 Å². The van der Waals surface area contributed by atoms with Crippen molar-refractivity contribution in [3.8, 4) is 6.07 Å². The van der Waals surface area contributed by atoms with E-state index >= 15 is 0 Å². The number of rotatable bonds is 3. The Labute approximate surface area is 106 Å². The second-order valence-corrected chi connectivity index (χ2v) is 6.22. The molecule has 18 heavy (non-hydrogen) atoms. The van der Waals surface area contributed by atoms with Crippen LogP contribution < -0.4 is 0 Å². The average Bonchev–Trinajstić information content (AvgIpc) is 2.78. The van der Waals surface area contributed by atoms with Crippen molar-refractivity contribution in [2.45, 2.75) is 23.8 Å². The molecule has 1 aliphatic rings. The lowest BCUT2D eigenvalue weighted by molar-refractivity contribution is 0.189. The molecule has 0 aliphatic carbocycles. The van der Waals surface area contributed by atoms with Gasteiger partial charge in [0.05, 0.1) is 23.5 Å². The van der Waals surface area contributed by atoms with Gasteiger partial charge < -0.3 is 5.11 Å². The molecule has 5 nitrogen and oxygen atoms in total. The molecule has 0 unspecified atom stereocenters. The van der Waals surface area contributed by atoms with Crippen LogP contribution in [-0.2, 0) is 16.4 Å². The Morgan fingerprint density at radius 1 is 1.39 bits per heavy atom. The first kappa shape index (κ1) is 13.0. The lowest BCUT2D eigenvalue weighted by Gasteiger charge is -2.15. The first-order valence-corrected chi connectivity index (χ1v) is 7.12. The Morgan fingerprint density at radius 3 is 2.56 bits per heavy atom. The first-order valence-electron chi connectivity index (χ1n) is 5.68. The van der Waals surface area contributed by atoms with Crippen LogP contribution in [0.25, 0.3) is 0 Å². The molecule has 1 aromatic rings. The SMILES string of the molecule is N#CCc1ccc(S(=O)(=O)N2CC[C@H](O)C2)cc1. The van der Waals surface area contributed by atoms with E-state index in [1.54, 1.807) is 12.1 Å². The van der Waals surface area contributed by atoms with Crippen molar-refractivity contribution in [2.24, 2.45) is 0 Å². The number of sulfonamides is 1. The molecule has 0 spiro atoms. The zero-order valence-electron chi connectivity index (χ0n) is 9.78. The summed E-state index contributed by atoms with van der Waals surface area (Å²) in [5.41, 5.74) is 0.790. The van der Waals surface area contributed by atoms with E-state index in [1.807, 2.05) is 6.07 Å². The highest BCUT2D eigenvalue weighted by molar-refractivity contribution is 7.89. The van der Waals surface area contributed by atoms with Crippen LogP contribution in [0.4, 0.5) is 0 Å². The van der Waals surface area contributed by atoms with Crippen molar-refractivity contribution in [1.29, 1.82) is 5.26 Å². The van der Waals surface area contributed by atoms with E-state index in [0.717, 1.165) is 5.56 Å². The fraction of sp³-hybridized carbons (Fsp3) is 0.417. The summed E-state index contributed by atoms with van der Waals surface area (Å²) in [7, 11) is -3.51. The molecule has 6 heteroatoms. The predicted molar refractivity (Wildman–Crippen MR) is 65.1 cm³/mol. The molecule has 1 aliphatic heterocycles. The molecular weight excluding hydrogens is 252 g/mol. The third-order valence-corrected chi connectivity index (χ3v) is 4.85. The molecule has 0 bridgehead atoms. The highest BCUT2D eigenvalue weighted by atomic mass is 32.2. The fourth-order valence-electron chi connectivity index (χ4n) is 1.95. The van der Waals surface area contributed by atoms with Gasteiger partial charge in [0.1, 0.15) is 0 Å². The quantitative estimate of drug-likeness (QED) is 0.864. The van der Waals surface area contributed by atoms with Crippen molar-refractivity contribution in [2.75, 3.05) is 13.1 Å². The molecule has 0 saturated carbocycles. The van der Waals surface area contributed by atoms with Crippen molar-refractivity contribution in [1.82, 2.24) is 4.31 Å². The minimum atomic E-state index is -3.51. The van der Waals surface area contributed by atoms with E-state index in [2.05, 4.69) is 0 Å². The minimum absolute atomic E-state index is 0.155. The Hall–Kier alpha value is -1.42. The number of aliphatic hydroxyl groups is 1. The van der Waals surface area contributed by atoms with Crippen molar-refractivity contribution in [3.63, 3.8) is 0 Å². The van der Waals surface area contributed by atoms with Gasteiger partial charge in [-0.05, 0) is 24.1 Å². The standard InChI is InChI=1S/C12H14N2O3S/c13-7-5-10-1-3-12(4-2-10)18(16,17)14-8-6-11(15)9-14/h1-4,11,15H,5-6,8-9H2/t11-/m0/s1. The molecule has 1 heterocycles. The molecule has 1 fully saturated rings. The third kappa shape index (κ3) is 2.53. The number of aliphatic hydroxyl groups excluding tert-OH is 1. The first-order chi connectivity index (χ1) is 8.54. The Morgan fingerprint density at radius 2 is 2.06 bits per heavy atom.